The van der Waals surface area contributed by atoms with Crippen molar-refractivity contribution in [3.8, 4) is 0 Å². The van der Waals surface area contributed by atoms with Crippen molar-refractivity contribution in [2.24, 2.45) is 0 Å². The monoisotopic (exact) mass is 415 g/mol. The van der Waals surface area contributed by atoms with E-state index in [1.807, 2.05) is 22.6 Å². The lowest BCUT2D eigenvalue weighted by molar-refractivity contribution is -0.140. The van der Waals surface area contributed by atoms with Gasteiger partial charge in [-0.15, -0.1) is 0 Å². The van der Waals surface area contributed by atoms with E-state index < -0.39 is 0 Å². The highest BCUT2D eigenvalue weighted by molar-refractivity contribution is 14.1. The molecular weight excluding hydrogens is 404 g/mol. The molecule has 104 valence electrons. The molecule has 19 heavy (non-hydrogen) atoms. The van der Waals surface area contributed by atoms with Crippen LogP contribution >= 0.6 is 45.8 Å². The van der Waals surface area contributed by atoms with Gasteiger partial charge in [0.2, 0.25) is 0 Å². The van der Waals surface area contributed by atoms with Crippen LogP contribution in [0.5, 0.6) is 0 Å². The molecule has 0 saturated heterocycles. The van der Waals surface area contributed by atoms with Crippen LogP contribution in [0.1, 0.15) is 16.8 Å². The fourth-order valence-electron chi connectivity index (χ4n) is 1.38. The molecular formula is C12H12Cl2INO3. The first-order valence-electron chi connectivity index (χ1n) is 5.33. The van der Waals surface area contributed by atoms with Crippen molar-refractivity contribution in [3.05, 3.63) is 31.3 Å². The molecule has 0 bridgehead atoms. The van der Waals surface area contributed by atoms with E-state index in [4.69, 9.17) is 23.2 Å². The van der Waals surface area contributed by atoms with E-state index in [0.717, 1.165) is 0 Å². The number of esters is 1. The second-order valence-electron chi connectivity index (χ2n) is 3.80. The molecule has 0 heterocycles. The average molecular weight is 416 g/mol. The number of amides is 1. The SMILES string of the molecule is COC(=O)CCN(C)C(=O)c1cc(Cl)cc(Cl)c1I. The van der Waals surface area contributed by atoms with Gasteiger partial charge in [0.1, 0.15) is 0 Å². The number of hydrogen-bond donors (Lipinski definition) is 0. The van der Waals surface area contributed by atoms with E-state index in [9.17, 15) is 9.59 Å². The van der Waals surface area contributed by atoms with Gasteiger partial charge in [0.25, 0.3) is 5.91 Å². The van der Waals surface area contributed by atoms with Gasteiger partial charge in [-0.1, -0.05) is 23.2 Å². The molecule has 0 aromatic heterocycles. The van der Waals surface area contributed by atoms with Gasteiger partial charge in [-0.3, -0.25) is 9.59 Å². The van der Waals surface area contributed by atoms with Crippen LogP contribution in [0.4, 0.5) is 0 Å². The van der Waals surface area contributed by atoms with Gasteiger partial charge >= 0.3 is 5.97 Å². The fourth-order valence-corrected chi connectivity index (χ4v) is 2.42. The highest BCUT2D eigenvalue weighted by Gasteiger charge is 2.18. The van der Waals surface area contributed by atoms with E-state index in [2.05, 4.69) is 4.74 Å². The van der Waals surface area contributed by atoms with Crippen molar-refractivity contribution < 1.29 is 14.3 Å². The molecule has 0 fully saturated rings. The van der Waals surface area contributed by atoms with Crippen LogP contribution in [0.15, 0.2) is 12.1 Å². The predicted molar refractivity (Wildman–Crippen MR) is 82.8 cm³/mol. The van der Waals surface area contributed by atoms with Crippen molar-refractivity contribution in [1.29, 1.82) is 0 Å². The first-order valence-corrected chi connectivity index (χ1v) is 7.17. The Labute approximate surface area is 135 Å². The maximum Gasteiger partial charge on any atom is 0.307 e. The first-order chi connectivity index (χ1) is 8.86. The summed E-state index contributed by atoms with van der Waals surface area (Å²) in [5, 5.41) is 0.827. The summed E-state index contributed by atoms with van der Waals surface area (Å²) in [6.45, 7) is 0.270. The van der Waals surface area contributed by atoms with Crippen LogP contribution in [0, 0.1) is 3.57 Å². The van der Waals surface area contributed by atoms with Gasteiger partial charge in [-0.2, -0.15) is 0 Å². The van der Waals surface area contributed by atoms with Crippen molar-refractivity contribution in [2.45, 2.75) is 6.42 Å². The smallest absolute Gasteiger partial charge is 0.307 e. The van der Waals surface area contributed by atoms with E-state index in [0.29, 0.717) is 19.2 Å². The minimum atomic E-state index is -0.363. The lowest BCUT2D eigenvalue weighted by atomic mass is 10.2. The Kier molecular flexibility index (Phi) is 6.35. The number of nitrogens with zero attached hydrogens (tertiary/aromatic N) is 1. The Balaban J connectivity index is 2.85. The number of hydrogen-bond acceptors (Lipinski definition) is 3. The molecule has 1 aromatic rings. The number of carbonyl (C=O) groups is 2. The Morgan fingerprint density at radius 3 is 2.58 bits per heavy atom. The van der Waals surface area contributed by atoms with E-state index in [-0.39, 0.29) is 24.8 Å². The zero-order chi connectivity index (χ0) is 14.6. The first kappa shape index (κ1) is 16.5. The molecule has 0 aliphatic rings. The van der Waals surface area contributed by atoms with Crippen molar-refractivity contribution >= 4 is 57.7 Å². The summed E-state index contributed by atoms with van der Waals surface area (Å²) in [5.74, 6) is -0.601. The van der Waals surface area contributed by atoms with Crippen LogP contribution in [0.25, 0.3) is 0 Å². The highest BCUT2D eigenvalue weighted by atomic mass is 127. The number of carbonyl (C=O) groups excluding carboxylic acids is 2. The zero-order valence-corrected chi connectivity index (χ0v) is 14.0. The maximum absolute atomic E-state index is 12.2. The van der Waals surface area contributed by atoms with Crippen LogP contribution in [0.3, 0.4) is 0 Å². The van der Waals surface area contributed by atoms with Gasteiger partial charge in [0, 0.05) is 22.2 Å². The van der Waals surface area contributed by atoms with Gasteiger partial charge in [-0.25, -0.2) is 0 Å². The summed E-state index contributed by atoms with van der Waals surface area (Å²) < 4.78 is 5.16. The molecule has 0 atom stereocenters. The number of methoxy groups -OCH3 is 1. The quantitative estimate of drug-likeness (QED) is 0.431. The van der Waals surface area contributed by atoms with E-state index in [1.165, 1.54) is 12.0 Å². The molecule has 0 aliphatic carbocycles. The average Bonchev–Trinajstić information content (AvgIpc) is 2.38. The molecule has 1 rings (SSSR count). The summed E-state index contributed by atoms with van der Waals surface area (Å²) in [7, 11) is 2.92. The second kappa shape index (κ2) is 7.31. The lowest BCUT2D eigenvalue weighted by Gasteiger charge is -2.18. The molecule has 0 N–H and O–H groups in total. The summed E-state index contributed by atoms with van der Waals surface area (Å²) in [4.78, 5) is 24.7. The molecule has 0 saturated carbocycles. The molecule has 1 aromatic carbocycles. The van der Waals surface area contributed by atoms with Crippen molar-refractivity contribution in [3.63, 3.8) is 0 Å². The summed E-state index contributed by atoms with van der Waals surface area (Å²) in [6.07, 6.45) is 0.142. The maximum atomic E-state index is 12.2. The van der Waals surface area contributed by atoms with Crippen molar-refractivity contribution in [2.75, 3.05) is 20.7 Å². The van der Waals surface area contributed by atoms with Gasteiger partial charge in [0.15, 0.2) is 0 Å². The Morgan fingerprint density at radius 2 is 2.00 bits per heavy atom. The molecule has 1 amide bonds. The van der Waals surface area contributed by atoms with Crippen LogP contribution < -0.4 is 0 Å². The predicted octanol–water partition coefficient (Wildman–Crippen LogP) is 3.23. The van der Waals surface area contributed by atoms with E-state index >= 15 is 0 Å². The van der Waals surface area contributed by atoms with Crippen LogP contribution in [0.2, 0.25) is 10.0 Å². The molecule has 0 unspecified atom stereocenters. The second-order valence-corrected chi connectivity index (χ2v) is 5.72. The third-order valence-corrected chi connectivity index (χ3v) is 4.45. The van der Waals surface area contributed by atoms with Crippen LogP contribution in [-0.2, 0) is 9.53 Å². The van der Waals surface area contributed by atoms with E-state index in [1.54, 1.807) is 19.2 Å². The Morgan fingerprint density at radius 1 is 1.37 bits per heavy atom. The molecule has 0 aliphatic heterocycles. The number of ether oxygens (including phenoxy) is 1. The van der Waals surface area contributed by atoms with Crippen LogP contribution in [-0.4, -0.2) is 37.5 Å². The van der Waals surface area contributed by atoms with Crippen molar-refractivity contribution in [1.82, 2.24) is 4.90 Å². The Hall–Kier alpha value is -0.530. The third-order valence-electron chi connectivity index (χ3n) is 2.45. The normalized spacial score (nSPS) is 10.2. The molecule has 7 heteroatoms. The molecule has 0 spiro atoms. The number of halogens is 3. The summed E-state index contributed by atoms with van der Waals surface area (Å²) in [5.41, 5.74) is 0.422. The summed E-state index contributed by atoms with van der Waals surface area (Å²) >= 11 is 13.9. The lowest BCUT2D eigenvalue weighted by Crippen LogP contribution is -2.30. The largest absolute Gasteiger partial charge is 0.469 e. The van der Waals surface area contributed by atoms with Gasteiger partial charge < -0.3 is 9.64 Å². The molecule has 4 nitrogen and oxygen atoms in total. The minimum absolute atomic E-state index is 0.142. The molecule has 0 radical (unpaired) electrons. The Bertz CT molecular complexity index is 508. The number of benzene rings is 1. The zero-order valence-electron chi connectivity index (χ0n) is 10.4. The highest BCUT2D eigenvalue weighted by Crippen LogP contribution is 2.27. The summed E-state index contributed by atoms with van der Waals surface area (Å²) in [6, 6.07) is 3.14. The topological polar surface area (TPSA) is 46.6 Å². The van der Waals surface area contributed by atoms with Gasteiger partial charge in [0.05, 0.1) is 24.1 Å². The third kappa shape index (κ3) is 4.50. The standard InChI is InChI=1S/C12H12Cl2INO3/c1-16(4-3-10(17)19-2)12(18)8-5-7(13)6-9(14)11(8)15/h5-6H,3-4H2,1-2H3. The minimum Gasteiger partial charge on any atom is -0.469 e. The van der Waals surface area contributed by atoms with Gasteiger partial charge in [-0.05, 0) is 34.7 Å². The fraction of sp³-hybridized carbons (Fsp3) is 0.333. The number of rotatable bonds is 4.